The molecule has 2 N–H and O–H groups in total. The van der Waals surface area contributed by atoms with Crippen LogP contribution in [0, 0.1) is 0 Å². The summed E-state index contributed by atoms with van der Waals surface area (Å²) in [7, 11) is 0. The van der Waals surface area contributed by atoms with E-state index in [0.29, 0.717) is 12.1 Å². The molecule has 88 valence electrons. The van der Waals surface area contributed by atoms with Gasteiger partial charge in [-0.3, -0.25) is 0 Å². The zero-order valence-electron chi connectivity index (χ0n) is 9.82. The Labute approximate surface area is 101 Å². The molecule has 4 rings (SSSR count). The zero-order valence-corrected chi connectivity index (χ0v) is 9.82. The molecular formula is C14H17N3. The third-order valence-electron chi connectivity index (χ3n) is 4.21. The standard InChI is InChI=1S/C14H17N3/c1-2-13-9-15-8-12(1)17(13)11-3-4-14-10(7-11)5-6-16-14/h3-7,12-13,15-16H,1-2,8-9H2/t12-,13?/m1/s1. The van der Waals surface area contributed by atoms with Crippen LogP contribution < -0.4 is 10.2 Å². The van der Waals surface area contributed by atoms with E-state index in [1.165, 1.54) is 29.4 Å². The molecule has 0 aliphatic carbocycles. The number of fused-ring (bicyclic) bond motifs is 3. The Morgan fingerprint density at radius 2 is 1.88 bits per heavy atom. The molecule has 0 radical (unpaired) electrons. The van der Waals surface area contributed by atoms with Crippen molar-refractivity contribution in [3.63, 3.8) is 0 Å². The molecule has 3 heteroatoms. The van der Waals surface area contributed by atoms with E-state index in [1.807, 2.05) is 6.20 Å². The highest BCUT2D eigenvalue weighted by Crippen LogP contribution is 2.33. The minimum absolute atomic E-state index is 0.699. The second kappa shape index (κ2) is 3.50. The van der Waals surface area contributed by atoms with Crippen molar-refractivity contribution in [1.29, 1.82) is 0 Å². The Morgan fingerprint density at radius 3 is 2.71 bits per heavy atom. The van der Waals surface area contributed by atoms with E-state index in [9.17, 15) is 0 Å². The van der Waals surface area contributed by atoms with Crippen LogP contribution in [0.15, 0.2) is 30.5 Å². The Hall–Kier alpha value is -1.48. The maximum Gasteiger partial charge on any atom is 0.0455 e. The lowest BCUT2D eigenvalue weighted by Crippen LogP contribution is -2.51. The molecule has 3 nitrogen and oxygen atoms in total. The van der Waals surface area contributed by atoms with Crippen LogP contribution in [0.4, 0.5) is 5.69 Å². The summed E-state index contributed by atoms with van der Waals surface area (Å²) < 4.78 is 0. The van der Waals surface area contributed by atoms with Crippen LogP contribution in [0.25, 0.3) is 10.9 Å². The maximum atomic E-state index is 3.53. The van der Waals surface area contributed by atoms with Gasteiger partial charge in [-0.1, -0.05) is 0 Å². The van der Waals surface area contributed by atoms with Gasteiger partial charge >= 0.3 is 0 Å². The lowest BCUT2D eigenvalue weighted by molar-refractivity contribution is 0.485. The molecule has 2 aromatic rings. The van der Waals surface area contributed by atoms with E-state index in [4.69, 9.17) is 0 Å². The number of nitrogens with zero attached hydrogens (tertiary/aromatic N) is 1. The van der Waals surface area contributed by atoms with Crippen molar-refractivity contribution in [2.24, 2.45) is 0 Å². The number of hydrogen-bond acceptors (Lipinski definition) is 2. The maximum absolute atomic E-state index is 3.53. The molecular weight excluding hydrogens is 210 g/mol. The van der Waals surface area contributed by atoms with E-state index in [-0.39, 0.29) is 0 Å². The SMILES string of the molecule is c1cc2cc(N3C4CC[C@@H]3CNC4)ccc2[nH]1. The molecule has 2 aliphatic rings. The van der Waals surface area contributed by atoms with Crippen molar-refractivity contribution in [3.05, 3.63) is 30.5 Å². The Bertz CT molecular complexity index is 529. The van der Waals surface area contributed by atoms with Crippen LogP contribution in [0.5, 0.6) is 0 Å². The molecule has 17 heavy (non-hydrogen) atoms. The zero-order chi connectivity index (χ0) is 11.2. The first-order valence-corrected chi connectivity index (χ1v) is 6.48. The number of anilines is 1. The lowest BCUT2D eigenvalue weighted by Gasteiger charge is -2.37. The van der Waals surface area contributed by atoms with Gasteiger partial charge in [-0.05, 0) is 37.1 Å². The average molecular weight is 227 g/mol. The van der Waals surface area contributed by atoms with Gasteiger partial charge in [0.15, 0.2) is 0 Å². The van der Waals surface area contributed by atoms with Crippen LogP contribution in [-0.4, -0.2) is 30.2 Å². The topological polar surface area (TPSA) is 31.1 Å². The van der Waals surface area contributed by atoms with E-state index >= 15 is 0 Å². The van der Waals surface area contributed by atoms with Gasteiger partial charge in [0.25, 0.3) is 0 Å². The fraction of sp³-hybridized carbons (Fsp3) is 0.429. The van der Waals surface area contributed by atoms with E-state index < -0.39 is 0 Å². The van der Waals surface area contributed by atoms with Crippen LogP contribution in [0.1, 0.15) is 12.8 Å². The van der Waals surface area contributed by atoms with Crippen molar-refractivity contribution < 1.29 is 0 Å². The third kappa shape index (κ3) is 1.39. The molecule has 2 fully saturated rings. The molecule has 3 heterocycles. The van der Waals surface area contributed by atoms with Gasteiger partial charge in [0.05, 0.1) is 0 Å². The van der Waals surface area contributed by atoms with Gasteiger partial charge in [0, 0.05) is 48.0 Å². The predicted molar refractivity (Wildman–Crippen MR) is 70.5 cm³/mol. The number of hydrogen-bond donors (Lipinski definition) is 2. The molecule has 1 unspecified atom stereocenters. The Morgan fingerprint density at radius 1 is 1.06 bits per heavy atom. The molecule has 2 bridgehead atoms. The van der Waals surface area contributed by atoms with Gasteiger partial charge in [-0.25, -0.2) is 0 Å². The average Bonchev–Trinajstić information content (AvgIpc) is 2.91. The second-order valence-corrected chi connectivity index (χ2v) is 5.20. The van der Waals surface area contributed by atoms with Gasteiger partial charge in [0.1, 0.15) is 0 Å². The van der Waals surface area contributed by atoms with Gasteiger partial charge < -0.3 is 15.2 Å². The van der Waals surface area contributed by atoms with Crippen LogP contribution in [-0.2, 0) is 0 Å². The Kier molecular flexibility index (Phi) is 1.97. The normalized spacial score (nSPS) is 27.9. The summed E-state index contributed by atoms with van der Waals surface area (Å²) in [5.74, 6) is 0. The van der Waals surface area contributed by atoms with Crippen molar-refractivity contribution >= 4 is 16.6 Å². The largest absolute Gasteiger partial charge is 0.363 e. The summed E-state index contributed by atoms with van der Waals surface area (Å²) in [6.45, 7) is 2.28. The molecule has 2 aliphatic heterocycles. The summed E-state index contributed by atoms with van der Waals surface area (Å²) in [6.07, 6.45) is 4.69. The van der Waals surface area contributed by atoms with E-state index in [1.54, 1.807) is 0 Å². The first-order valence-electron chi connectivity index (χ1n) is 6.48. The van der Waals surface area contributed by atoms with Gasteiger partial charge in [-0.15, -0.1) is 0 Å². The van der Waals surface area contributed by atoms with E-state index in [2.05, 4.69) is 39.5 Å². The predicted octanol–water partition coefficient (Wildman–Crippen LogP) is 2.11. The fourth-order valence-corrected chi connectivity index (χ4v) is 3.40. The van der Waals surface area contributed by atoms with Crippen molar-refractivity contribution in [2.75, 3.05) is 18.0 Å². The molecule has 0 spiro atoms. The fourth-order valence-electron chi connectivity index (χ4n) is 3.40. The number of aromatic amines is 1. The van der Waals surface area contributed by atoms with Crippen LogP contribution in [0.3, 0.4) is 0 Å². The summed E-state index contributed by atoms with van der Waals surface area (Å²) in [5, 5.41) is 4.85. The third-order valence-corrected chi connectivity index (χ3v) is 4.21. The monoisotopic (exact) mass is 227 g/mol. The highest BCUT2D eigenvalue weighted by molar-refractivity contribution is 5.83. The number of benzene rings is 1. The van der Waals surface area contributed by atoms with Crippen molar-refractivity contribution in [2.45, 2.75) is 24.9 Å². The minimum atomic E-state index is 0.699. The van der Waals surface area contributed by atoms with Gasteiger partial charge in [-0.2, -0.15) is 0 Å². The van der Waals surface area contributed by atoms with Gasteiger partial charge in [0.2, 0.25) is 0 Å². The van der Waals surface area contributed by atoms with Crippen LogP contribution >= 0.6 is 0 Å². The molecule has 1 aromatic carbocycles. The molecule has 1 aromatic heterocycles. The lowest BCUT2D eigenvalue weighted by atomic mass is 10.1. The summed E-state index contributed by atoms with van der Waals surface area (Å²) in [5.41, 5.74) is 2.63. The quantitative estimate of drug-likeness (QED) is 0.781. The molecule has 2 atom stereocenters. The van der Waals surface area contributed by atoms with Crippen molar-refractivity contribution in [1.82, 2.24) is 10.3 Å². The summed E-state index contributed by atoms with van der Waals surface area (Å²) >= 11 is 0. The summed E-state index contributed by atoms with van der Waals surface area (Å²) in [4.78, 5) is 5.88. The Balaban J connectivity index is 1.78. The highest BCUT2D eigenvalue weighted by Gasteiger charge is 2.36. The molecule has 0 saturated carbocycles. The number of nitrogens with one attached hydrogen (secondary N) is 2. The molecule has 0 amide bonds. The van der Waals surface area contributed by atoms with E-state index in [0.717, 1.165) is 13.1 Å². The second-order valence-electron chi connectivity index (χ2n) is 5.20. The first-order chi connectivity index (χ1) is 8.42. The minimum Gasteiger partial charge on any atom is -0.363 e. The number of H-pyrrole nitrogens is 1. The first kappa shape index (κ1) is 9.54. The summed E-state index contributed by atoms with van der Waals surface area (Å²) in [6, 6.07) is 10.3. The molecule has 2 saturated heterocycles. The highest BCUT2D eigenvalue weighted by atomic mass is 15.3. The number of aromatic nitrogens is 1. The van der Waals surface area contributed by atoms with Crippen molar-refractivity contribution in [3.8, 4) is 0 Å². The smallest absolute Gasteiger partial charge is 0.0455 e. The van der Waals surface area contributed by atoms with Crippen LogP contribution in [0.2, 0.25) is 0 Å². The number of piperazine rings is 1. The number of rotatable bonds is 1.